The highest BCUT2D eigenvalue weighted by Gasteiger charge is 2.37. The van der Waals surface area contributed by atoms with Crippen LogP contribution in [0.5, 0.6) is 11.5 Å². The predicted molar refractivity (Wildman–Crippen MR) is 129 cm³/mol. The number of methoxy groups -OCH3 is 2. The minimum absolute atomic E-state index is 0. The number of benzene rings is 2. The fraction of sp³-hybridized carbons (Fsp3) is 0.375. The number of nitrogens with one attached hydrogen (secondary N) is 1. The Bertz CT molecular complexity index is 942. The maximum Gasteiger partial charge on any atom is 0.123 e. The molecular formula is C24H31Cl2N3O2. The molecule has 1 saturated carbocycles. The number of halogens is 2. The van der Waals surface area contributed by atoms with Crippen molar-refractivity contribution in [3.8, 4) is 11.5 Å². The molecule has 1 aromatic heterocycles. The van der Waals surface area contributed by atoms with Gasteiger partial charge in [0.1, 0.15) is 11.5 Å². The van der Waals surface area contributed by atoms with Gasteiger partial charge in [-0.3, -0.25) is 0 Å². The zero-order valence-corrected chi connectivity index (χ0v) is 19.7. The van der Waals surface area contributed by atoms with Gasteiger partial charge in [0.2, 0.25) is 0 Å². The minimum atomic E-state index is -0.0307. The van der Waals surface area contributed by atoms with Gasteiger partial charge in [-0.2, -0.15) is 0 Å². The van der Waals surface area contributed by atoms with Gasteiger partial charge in [-0.1, -0.05) is 37.1 Å². The number of hydrogen-bond donors (Lipinski definition) is 1. The highest BCUT2D eigenvalue weighted by atomic mass is 35.5. The minimum Gasteiger partial charge on any atom is -0.496 e. The van der Waals surface area contributed by atoms with Gasteiger partial charge in [-0.15, -0.1) is 24.8 Å². The largest absolute Gasteiger partial charge is 0.496 e. The molecule has 0 aliphatic heterocycles. The zero-order chi connectivity index (χ0) is 20.1. The first-order chi connectivity index (χ1) is 14.2. The molecule has 1 heterocycles. The molecule has 31 heavy (non-hydrogen) atoms. The topological polar surface area (TPSA) is 48.3 Å². The Morgan fingerprint density at radius 1 is 1.00 bits per heavy atom. The van der Waals surface area contributed by atoms with Crippen molar-refractivity contribution in [3.63, 3.8) is 0 Å². The molecule has 5 nitrogen and oxygen atoms in total. The average Bonchev–Trinajstić information content (AvgIpc) is 3.45. The summed E-state index contributed by atoms with van der Waals surface area (Å²) in [6, 6.07) is 14.9. The highest BCUT2D eigenvalue weighted by Crippen LogP contribution is 2.42. The molecule has 1 N–H and O–H groups in total. The summed E-state index contributed by atoms with van der Waals surface area (Å²) in [5.74, 6) is 1.88. The Balaban J connectivity index is 0.00000171. The van der Waals surface area contributed by atoms with Crippen molar-refractivity contribution in [2.75, 3.05) is 14.2 Å². The summed E-state index contributed by atoms with van der Waals surface area (Å²) in [6.45, 7) is 1.55. The summed E-state index contributed by atoms with van der Waals surface area (Å²) in [4.78, 5) is 4.14. The molecule has 1 fully saturated rings. The maximum atomic E-state index is 5.68. The summed E-state index contributed by atoms with van der Waals surface area (Å²) in [5.41, 5.74) is 3.65. The number of rotatable bonds is 8. The molecule has 2 aromatic carbocycles. The Morgan fingerprint density at radius 3 is 2.42 bits per heavy atom. The summed E-state index contributed by atoms with van der Waals surface area (Å²) in [6.07, 6.45) is 10.3. The van der Waals surface area contributed by atoms with Crippen LogP contribution >= 0.6 is 24.8 Å². The molecule has 1 aliphatic carbocycles. The van der Waals surface area contributed by atoms with Crippen LogP contribution in [-0.2, 0) is 18.6 Å². The van der Waals surface area contributed by atoms with E-state index in [9.17, 15) is 0 Å². The second-order valence-electron chi connectivity index (χ2n) is 7.72. The summed E-state index contributed by atoms with van der Waals surface area (Å²) in [5, 5.41) is 3.89. The van der Waals surface area contributed by atoms with Crippen molar-refractivity contribution in [3.05, 3.63) is 77.9 Å². The lowest BCUT2D eigenvalue weighted by atomic mass is 9.87. The van der Waals surface area contributed by atoms with Crippen LogP contribution in [0.3, 0.4) is 0 Å². The van der Waals surface area contributed by atoms with E-state index in [0.29, 0.717) is 0 Å². The quantitative estimate of drug-likeness (QED) is 0.488. The monoisotopic (exact) mass is 463 g/mol. The first kappa shape index (κ1) is 25.1. The number of hydrogen-bond acceptors (Lipinski definition) is 4. The van der Waals surface area contributed by atoms with Crippen LogP contribution in [0.2, 0.25) is 0 Å². The van der Waals surface area contributed by atoms with Gasteiger partial charge in [0.05, 0.1) is 27.1 Å². The predicted octanol–water partition coefficient (Wildman–Crippen LogP) is 5.35. The van der Waals surface area contributed by atoms with E-state index in [0.717, 1.165) is 43.0 Å². The van der Waals surface area contributed by atoms with Crippen LogP contribution in [-0.4, -0.2) is 23.8 Å². The fourth-order valence-electron chi connectivity index (χ4n) is 4.47. The number of para-hydroxylation sites is 1. The van der Waals surface area contributed by atoms with E-state index < -0.39 is 0 Å². The van der Waals surface area contributed by atoms with Gasteiger partial charge in [-0.25, -0.2) is 4.98 Å². The van der Waals surface area contributed by atoms with Crippen molar-refractivity contribution in [2.24, 2.45) is 0 Å². The Hall–Kier alpha value is -2.21. The van der Waals surface area contributed by atoms with E-state index in [1.807, 2.05) is 18.6 Å². The first-order valence-electron chi connectivity index (χ1n) is 10.2. The summed E-state index contributed by atoms with van der Waals surface area (Å²) >= 11 is 0. The lowest BCUT2D eigenvalue weighted by molar-refractivity contribution is 0.316. The van der Waals surface area contributed by atoms with Gasteiger partial charge in [0.15, 0.2) is 0 Å². The van der Waals surface area contributed by atoms with Crippen LogP contribution in [0.15, 0.2) is 61.2 Å². The molecule has 3 aromatic rings. The van der Waals surface area contributed by atoms with Gasteiger partial charge < -0.3 is 19.4 Å². The smallest absolute Gasteiger partial charge is 0.123 e. The van der Waals surface area contributed by atoms with Crippen molar-refractivity contribution in [1.29, 1.82) is 0 Å². The van der Waals surface area contributed by atoms with E-state index >= 15 is 0 Å². The molecule has 0 spiro atoms. The van der Waals surface area contributed by atoms with E-state index in [1.165, 1.54) is 24.0 Å². The van der Waals surface area contributed by atoms with E-state index in [4.69, 9.17) is 9.47 Å². The molecule has 168 valence electrons. The second-order valence-corrected chi connectivity index (χ2v) is 7.72. The van der Waals surface area contributed by atoms with Crippen molar-refractivity contribution in [1.82, 2.24) is 14.9 Å². The molecule has 0 amide bonds. The molecule has 0 unspecified atom stereocenters. The lowest BCUT2D eigenvalue weighted by Gasteiger charge is -2.32. The van der Waals surface area contributed by atoms with Gasteiger partial charge in [-0.05, 0) is 36.6 Å². The molecule has 0 radical (unpaired) electrons. The van der Waals surface area contributed by atoms with E-state index in [2.05, 4.69) is 51.3 Å². The number of aromatic nitrogens is 2. The first-order valence-corrected chi connectivity index (χ1v) is 10.2. The molecule has 1 aliphatic rings. The molecule has 7 heteroatoms. The second kappa shape index (κ2) is 11.4. The maximum absolute atomic E-state index is 5.68. The van der Waals surface area contributed by atoms with Crippen molar-refractivity contribution >= 4 is 24.8 Å². The SMILES string of the molecule is COc1ccc(CNC2(c3ccccc3OC)CCCC2)cc1Cn1ccnc1.Cl.Cl. The third kappa shape index (κ3) is 5.53. The normalized spacial score (nSPS) is 14.4. The number of imidazole rings is 1. The van der Waals surface area contributed by atoms with Crippen LogP contribution in [0.4, 0.5) is 0 Å². The van der Waals surface area contributed by atoms with Crippen LogP contribution in [0.1, 0.15) is 42.4 Å². The molecule has 0 atom stereocenters. The standard InChI is InChI=1S/C24H29N3O2.2ClH/c1-28-22-10-9-19(15-20(22)17-27-14-13-25-18-27)16-26-24(11-5-6-12-24)21-7-3-4-8-23(21)29-2;;/h3-4,7-10,13-15,18,26H,5-6,11-12,16-17H2,1-2H3;2*1H. The van der Waals surface area contributed by atoms with Gasteiger partial charge >= 0.3 is 0 Å². The van der Waals surface area contributed by atoms with Gasteiger partial charge in [0.25, 0.3) is 0 Å². The Morgan fingerprint density at radius 2 is 1.74 bits per heavy atom. The molecule has 0 bridgehead atoms. The Kier molecular flexibility index (Phi) is 9.23. The van der Waals surface area contributed by atoms with Crippen LogP contribution < -0.4 is 14.8 Å². The van der Waals surface area contributed by atoms with E-state index in [-0.39, 0.29) is 30.4 Å². The lowest BCUT2D eigenvalue weighted by Crippen LogP contribution is -2.39. The highest BCUT2D eigenvalue weighted by molar-refractivity contribution is 5.85. The third-order valence-electron chi connectivity index (χ3n) is 5.97. The summed E-state index contributed by atoms with van der Waals surface area (Å²) in [7, 11) is 3.48. The van der Waals surface area contributed by atoms with Crippen LogP contribution in [0.25, 0.3) is 0 Å². The number of ether oxygens (including phenoxy) is 2. The van der Waals surface area contributed by atoms with Gasteiger partial charge in [0, 0.05) is 35.6 Å². The third-order valence-corrected chi connectivity index (χ3v) is 5.97. The van der Waals surface area contributed by atoms with Crippen molar-refractivity contribution in [2.45, 2.75) is 44.3 Å². The zero-order valence-electron chi connectivity index (χ0n) is 18.0. The molecular weight excluding hydrogens is 433 g/mol. The molecule has 0 saturated heterocycles. The fourth-order valence-corrected chi connectivity index (χ4v) is 4.47. The number of nitrogens with zero attached hydrogens (tertiary/aromatic N) is 2. The molecule has 4 rings (SSSR count). The summed E-state index contributed by atoms with van der Waals surface area (Å²) < 4.78 is 13.3. The van der Waals surface area contributed by atoms with Crippen LogP contribution in [0, 0.1) is 0 Å². The van der Waals surface area contributed by atoms with E-state index in [1.54, 1.807) is 20.4 Å². The van der Waals surface area contributed by atoms with Crippen molar-refractivity contribution < 1.29 is 9.47 Å². The Labute approximate surface area is 197 Å². The average molecular weight is 464 g/mol.